The number of hydrogen-bond acceptors (Lipinski definition) is 5. The summed E-state index contributed by atoms with van der Waals surface area (Å²) in [6.45, 7) is 8.28. The molecule has 1 saturated heterocycles. The molecule has 2 fully saturated rings. The predicted octanol–water partition coefficient (Wildman–Crippen LogP) is 5.17. The van der Waals surface area contributed by atoms with Crippen molar-refractivity contribution in [1.29, 1.82) is 0 Å². The Kier molecular flexibility index (Phi) is 7.52. The van der Waals surface area contributed by atoms with Gasteiger partial charge in [0.25, 0.3) is 0 Å². The van der Waals surface area contributed by atoms with Crippen LogP contribution in [0.15, 0.2) is 11.4 Å². The van der Waals surface area contributed by atoms with E-state index in [1.165, 1.54) is 12.0 Å². The van der Waals surface area contributed by atoms with Gasteiger partial charge in [-0.3, -0.25) is 0 Å². The van der Waals surface area contributed by atoms with Gasteiger partial charge in [-0.25, -0.2) is 4.79 Å². The summed E-state index contributed by atoms with van der Waals surface area (Å²) in [7, 11) is 0. The molecule has 0 radical (unpaired) electrons. The number of aliphatic hydroxyl groups is 1. The normalized spacial score (nSPS) is 22.2. The maximum atomic E-state index is 12.0. The number of nitrogens with one attached hydrogen (secondary N) is 1. The SMILES string of the molecule is CC(C)(C)OC(=O)NC1CCN(CC(c2csc(Cl)c2)C2(O)CCCCC2)CC1. The van der Waals surface area contributed by atoms with Crippen LogP contribution in [-0.2, 0) is 4.74 Å². The minimum atomic E-state index is -0.645. The van der Waals surface area contributed by atoms with Crippen molar-refractivity contribution in [3.63, 3.8) is 0 Å². The van der Waals surface area contributed by atoms with Crippen molar-refractivity contribution in [3.05, 3.63) is 21.3 Å². The molecule has 1 unspecified atom stereocenters. The second kappa shape index (κ2) is 9.54. The molecule has 3 rings (SSSR count). The van der Waals surface area contributed by atoms with Crippen molar-refractivity contribution in [1.82, 2.24) is 10.2 Å². The van der Waals surface area contributed by atoms with Crippen molar-refractivity contribution >= 4 is 29.0 Å². The third-order valence-electron chi connectivity index (χ3n) is 6.11. The summed E-state index contributed by atoms with van der Waals surface area (Å²) < 4.78 is 6.16. The first kappa shape index (κ1) is 22.9. The zero-order valence-corrected chi connectivity index (χ0v) is 19.5. The average Bonchev–Trinajstić information content (AvgIpc) is 3.06. The molecular weight excluding hydrogens is 408 g/mol. The number of likely N-dealkylation sites (tertiary alicyclic amines) is 1. The largest absolute Gasteiger partial charge is 0.444 e. The molecule has 2 heterocycles. The Morgan fingerprint density at radius 3 is 2.55 bits per heavy atom. The lowest BCUT2D eigenvalue weighted by atomic mass is 9.73. The minimum Gasteiger partial charge on any atom is -0.444 e. The number of piperidine rings is 1. The van der Waals surface area contributed by atoms with E-state index in [1.807, 2.05) is 26.8 Å². The summed E-state index contributed by atoms with van der Waals surface area (Å²) in [5.74, 6) is 0.0851. The van der Waals surface area contributed by atoms with Crippen LogP contribution >= 0.6 is 22.9 Å². The third-order valence-corrected chi connectivity index (χ3v) is 7.22. The van der Waals surface area contributed by atoms with Crippen molar-refractivity contribution < 1.29 is 14.6 Å². The van der Waals surface area contributed by atoms with E-state index in [0.717, 1.165) is 62.5 Å². The van der Waals surface area contributed by atoms with Crippen LogP contribution in [0.5, 0.6) is 0 Å². The maximum absolute atomic E-state index is 12.0. The summed E-state index contributed by atoms with van der Waals surface area (Å²) in [4.78, 5) is 14.5. The van der Waals surface area contributed by atoms with Crippen LogP contribution in [-0.4, -0.2) is 53.0 Å². The average molecular weight is 443 g/mol. The number of thiophene rings is 1. The van der Waals surface area contributed by atoms with Gasteiger partial charge in [-0.1, -0.05) is 30.9 Å². The number of carbonyl (C=O) groups excluding carboxylic acids is 1. The van der Waals surface area contributed by atoms with E-state index in [9.17, 15) is 9.90 Å². The minimum absolute atomic E-state index is 0.0851. The van der Waals surface area contributed by atoms with E-state index in [2.05, 4.69) is 15.6 Å². The van der Waals surface area contributed by atoms with E-state index in [4.69, 9.17) is 16.3 Å². The summed E-state index contributed by atoms with van der Waals surface area (Å²) in [5, 5.41) is 16.6. The molecule has 2 N–H and O–H groups in total. The van der Waals surface area contributed by atoms with Crippen LogP contribution in [0.4, 0.5) is 4.79 Å². The van der Waals surface area contributed by atoms with Gasteiger partial charge in [-0.05, 0) is 63.5 Å². The van der Waals surface area contributed by atoms with Crippen LogP contribution in [0.2, 0.25) is 4.34 Å². The molecule has 1 atom stereocenters. The number of hydrogen-bond donors (Lipinski definition) is 2. The van der Waals surface area contributed by atoms with E-state index >= 15 is 0 Å². The molecule has 1 aliphatic heterocycles. The maximum Gasteiger partial charge on any atom is 0.407 e. The van der Waals surface area contributed by atoms with Gasteiger partial charge in [-0.15, -0.1) is 11.3 Å². The Bertz CT molecular complexity index is 674. The van der Waals surface area contributed by atoms with Gasteiger partial charge in [0.15, 0.2) is 0 Å². The van der Waals surface area contributed by atoms with Crippen molar-refractivity contribution in [2.45, 2.75) is 88.9 Å². The highest BCUT2D eigenvalue weighted by molar-refractivity contribution is 7.14. The quantitative estimate of drug-likeness (QED) is 0.660. The fourth-order valence-electron chi connectivity index (χ4n) is 4.60. The summed E-state index contributed by atoms with van der Waals surface area (Å²) >= 11 is 7.76. The van der Waals surface area contributed by atoms with Crippen LogP contribution in [0.1, 0.15) is 77.2 Å². The van der Waals surface area contributed by atoms with Crippen LogP contribution in [0, 0.1) is 0 Å². The molecule has 7 heteroatoms. The fraction of sp³-hybridized carbons (Fsp3) is 0.773. The second-order valence-electron chi connectivity index (χ2n) is 9.62. The van der Waals surface area contributed by atoms with Crippen molar-refractivity contribution in [2.24, 2.45) is 0 Å². The first-order chi connectivity index (χ1) is 13.6. The summed E-state index contributed by atoms with van der Waals surface area (Å²) in [6, 6.07) is 2.17. The molecule has 1 aliphatic carbocycles. The molecule has 29 heavy (non-hydrogen) atoms. The highest BCUT2D eigenvalue weighted by Gasteiger charge is 2.40. The number of rotatable bonds is 5. The molecular formula is C22H35ClN2O3S. The van der Waals surface area contributed by atoms with Gasteiger partial charge in [0, 0.05) is 31.6 Å². The van der Waals surface area contributed by atoms with Gasteiger partial charge in [0.1, 0.15) is 5.60 Å². The Morgan fingerprint density at radius 2 is 2.00 bits per heavy atom. The standard InChI is InChI=1S/C22H35ClN2O3S/c1-21(2,3)28-20(26)24-17-7-11-25(12-8-17)14-18(16-13-19(23)29-15-16)22(27)9-5-4-6-10-22/h13,15,17-18,27H,4-12,14H2,1-3H3,(H,24,26). The van der Waals surface area contributed by atoms with E-state index in [1.54, 1.807) is 11.3 Å². The number of amides is 1. The highest BCUT2D eigenvalue weighted by atomic mass is 35.5. The lowest BCUT2D eigenvalue weighted by Crippen LogP contribution is -2.49. The van der Waals surface area contributed by atoms with Crippen molar-refractivity contribution in [2.75, 3.05) is 19.6 Å². The van der Waals surface area contributed by atoms with E-state index in [0.29, 0.717) is 0 Å². The third kappa shape index (κ3) is 6.58. The molecule has 1 saturated carbocycles. The van der Waals surface area contributed by atoms with Gasteiger partial charge >= 0.3 is 6.09 Å². The molecule has 1 amide bonds. The number of alkyl carbamates (subject to hydrolysis) is 1. The van der Waals surface area contributed by atoms with Gasteiger partial charge in [-0.2, -0.15) is 0 Å². The Labute approximate surface area is 183 Å². The fourth-order valence-corrected chi connectivity index (χ4v) is 5.54. The molecule has 0 bridgehead atoms. The number of ether oxygens (including phenoxy) is 1. The number of carbonyl (C=O) groups is 1. The smallest absolute Gasteiger partial charge is 0.407 e. The molecule has 1 aromatic rings. The molecule has 0 spiro atoms. The molecule has 1 aromatic heterocycles. The zero-order chi connectivity index (χ0) is 21.1. The first-order valence-electron chi connectivity index (χ1n) is 10.8. The van der Waals surface area contributed by atoms with E-state index < -0.39 is 11.2 Å². The number of nitrogens with zero attached hydrogens (tertiary/aromatic N) is 1. The predicted molar refractivity (Wildman–Crippen MR) is 119 cm³/mol. The second-order valence-corrected chi connectivity index (χ2v) is 11.2. The Morgan fingerprint density at radius 1 is 1.34 bits per heavy atom. The molecule has 164 valence electrons. The van der Waals surface area contributed by atoms with Crippen LogP contribution in [0.3, 0.4) is 0 Å². The first-order valence-corrected chi connectivity index (χ1v) is 12.1. The molecule has 0 aromatic carbocycles. The van der Waals surface area contributed by atoms with Gasteiger partial charge in [0.2, 0.25) is 0 Å². The Balaban J connectivity index is 1.58. The lowest BCUT2D eigenvalue weighted by molar-refractivity contribution is -0.0325. The van der Waals surface area contributed by atoms with E-state index in [-0.39, 0.29) is 18.1 Å². The molecule has 5 nitrogen and oxygen atoms in total. The monoisotopic (exact) mass is 442 g/mol. The summed E-state index contributed by atoms with van der Waals surface area (Å²) in [5.41, 5.74) is 0.0437. The highest BCUT2D eigenvalue weighted by Crippen LogP contribution is 2.42. The van der Waals surface area contributed by atoms with Crippen LogP contribution < -0.4 is 5.32 Å². The summed E-state index contributed by atoms with van der Waals surface area (Å²) in [6.07, 6.45) is 6.58. The van der Waals surface area contributed by atoms with Crippen molar-refractivity contribution in [3.8, 4) is 0 Å². The number of halogens is 1. The van der Waals surface area contributed by atoms with Gasteiger partial charge in [0.05, 0.1) is 9.94 Å². The zero-order valence-electron chi connectivity index (χ0n) is 17.9. The molecule has 2 aliphatic rings. The Hall–Kier alpha value is -0.820. The van der Waals surface area contributed by atoms with Gasteiger partial charge < -0.3 is 20.1 Å². The topological polar surface area (TPSA) is 61.8 Å². The van der Waals surface area contributed by atoms with Crippen LogP contribution in [0.25, 0.3) is 0 Å². The lowest BCUT2D eigenvalue weighted by Gasteiger charge is -2.43.